The van der Waals surface area contributed by atoms with E-state index in [0.29, 0.717) is 11.3 Å². The molecule has 17 heavy (non-hydrogen) atoms. The van der Waals surface area contributed by atoms with Crippen molar-refractivity contribution >= 4 is 15.9 Å². The second-order valence-corrected chi connectivity index (χ2v) is 6.20. The number of rotatable bonds is 1. The molecule has 92 valence electrons. The Kier molecular flexibility index (Phi) is 3.01. The molecule has 0 amide bonds. The monoisotopic (exact) mass is 295 g/mol. The minimum Gasteiger partial charge on any atom is -0.381 e. The molecule has 1 aliphatic heterocycles. The third kappa shape index (κ3) is 1.85. The molecule has 1 saturated heterocycles. The number of fused-ring (bicyclic) bond motifs is 1. The van der Waals surface area contributed by atoms with Gasteiger partial charge in [0.15, 0.2) is 0 Å². The Morgan fingerprint density at radius 3 is 2.82 bits per heavy atom. The van der Waals surface area contributed by atoms with Crippen molar-refractivity contribution < 1.29 is 4.74 Å². The van der Waals surface area contributed by atoms with E-state index >= 15 is 0 Å². The first-order chi connectivity index (χ1) is 8.25. The zero-order chi connectivity index (χ0) is 11.9. The van der Waals surface area contributed by atoms with Gasteiger partial charge in [-0.05, 0) is 54.5 Å². The van der Waals surface area contributed by atoms with Crippen molar-refractivity contribution in [2.45, 2.75) is 25.2 Å². The molecule has 1 atom stereocenters. The lowest BCUT2D eigenvalue weighted by Crippen LogP contribution is -2.36. The van der Waals surface area contributed by atoms with Crippen LogP contribution in [0.3, 0.4) is 0 Å². The van der Waals surface area contributed by atoms with Crippen LogP contribution in [-0.4, -0.2) is 19.8 Å². The molecule has 0 aromatic heterocycles. The summed E-state index contributed by atoms with van der Waals surface area (Å²) in [5.41, 5.74) is 9.37. The van der Waals surface area contributed by atoms with Crippen LogP contribution in [0.25, 0.3) is 0 Å². The predicted molar refractivity (Wildman–Crippen MR) is 72.1 cm³/mol. The molecule has 1 aliphatic carbocycles. The third-order valence-corrected chi connectivity index (χ3v) is 4.98. The molecule has 0 saturated carbocycles. The Hall–Kier alpha value is -0.380. The summed E-state index contributed by atoms with van der Waals surface area (Å²) in [6.07, 6.45) is 3.49. The molecule has 1 fully saturated rings. The Balaban J connectivity index is 2.01. The minimum absolute atomic E-state index is 0.371. The summed E-state index contributed by atoms with van der Waals surface area (Å²) < 4.78 is 6.69. The van der Waals surface area contributed by atoms with Gasteiger partial charge in [-0.25, -0.2) is 0 Å². The molecule has 3 heteroatoms. The highest BCUT2D eigenvalue weighted by molar-refractivity contribution is 9.10. The van der Waals surface area contributed by atoms with Gasteiger partial charge in [0.1, 0.15) is 0 Å². The quantitative estimate of drug-likeness (QED) is 0.865. The molecule has 0 bridgehead atoms. The molecule has 1 spiro atoms. The highest BCUT2D eigenvalue weighted by atomic mass is 79.9. The summed E-state index contributed by atoms with van der Waals surface area (Å²) in [6, 6.07) is 6.66. The van der Waals surface area contributed by atoms with Crippen LogP contribution in [0, 0.1) is 5.41 Å². The first-order valence-electron chi connectivity index (χ1n) is 6.31. The van der Waals surface area contributed by atoms with E-state index < -0.39 is 0 Å². The number of hydrogen-bond acceptors (Lipinski definition) is 2. The summed E-state index contributed by atoms with van der Waals surface area (Å²) in [6.45, 7) is 2.54. The average Bonchev–Trinajstić information content (AvgIpc) is 2.62. The average molecular weight is 296 g/mol. The first-order valence-corrected chi connectivity index (χ1v) is 7.11. The maximum Gasteiger partial charge on any atom is 0.0471 e. The van der Waals surface area contributed by atoms with Crippen LogP contribution >= 0.6 is 15.9 Å². The highest BCUT2D eigenvalue weighted by Gasteiger charge is 2.45. The second kappa shape index (κ2) is 4.38. The molecule has 2 nitrogen and oxygen atoms in total. The summed E-state index contributed by atoms with van der Waals surface area (Å²) in [4.78, 5) is 0. The standard InChI is InChI=1S/C14H18BrNO/c15-11-2-1-10-8-14(3-5-17-6-4-14)13(9-16)12(10)7-11/h1-2,7,13H,3-6,8-9,16H2. The Bertz CT molecular complexity index is 426. The zero-order valence-electron chi connectivity index (χ0n) is 9.92. The summed E-state index contributed by atoms with van der Waals surface area (Å²) in [5.74, 6) is 0.513. The first kappa shape index (κ1) is 11.7. The molecular weight excluding hydrogens is 278 g/mol. The predicted octanol–water partition coefficient (Wildman–Crippen LogP) is 2.84. The van der Waals surface area contributed by atoms with Gasteiger partial charge in [0, 0.05) is 23.6 Å². The highest BCUT2D eigenvalue weighted by Crippen LogP contribution is 2.52. The maximum absolute atomic E-state index is 6.05. The van der Waals surface area contributed by atoms with E-state index in [4.69, 9.17) is 10.5 Å². The van der Waals surface area contributed by atoms with Crippen molar-refractivity contribution in [1.82, 2.24) is 0 Å². The normalized spacial score (nSPS) is 26.1. The largest absolute Gasteiger partial charge is 0.381 e. The zero-order valence-corrected chi connectivity index (χ0v) is 11.5. The van der Waals surface area contributed by atoms with Gasteiger partial charge in [0.05, 0.1) is 0 Å². The number of halogens is 1. The summed E-state index contributed by atoms with van der Waals surface area (Å²) in [5, 5.41) is 0. The maximum atomic E-state index is 6.05. The number of hydrogen-bond donors (Lipinski definition) is 1. The summed E-state index contributed by atoms with van der Waals surface area (Å²) >= 11 is 3.57. The van der Waals surface area contributed by atoms with Gasteiger partial charge < -0.3 is 10.5 Å². The van der Waals surface area contributed by atoms with Crippen molar-refractivity contribution in [3.05, 3.63) is 33.8 Å². The van der Waals surface area contributed by atoms with Gasteiger partial charge in [-0.2, -0.15) is 0 Å². The SMILES string of the molecule is NCC1c2cc(Br)ccc2CC12CCOCC2. The van der Waals surface area contributed by atoms with Gasteiger partial charge in [0.25, 0.3) is 0 Å². The lowest BCUT2D eigenvalue weighted by atomic mass is 9.70. The van der Waals surface area contributed by atoms with Gasteiger partial charge in [0.2, 0.25) is 0 Å². The van der Waals surface area contributed by atoms with Crippen LogP contribution in [0.4, 0.5) is 0 Å². The van der Waals surface area contributed by atoms with Crippen molar-refractivity contribution in [1.29, 1.82) is 0 Å². The van der Waals surface area contributed by atoms with Gasteiger partial charge >= 0.3 is 0 Å². The van der Waals surface area contributed by atoms with Crippen molar-refractivity contribution in [3.8, 4) is 0 Å². The molecule has 1 heterocycles. The van der Waals surface area contributed by atoms with E-state index in [1.165, 1.54) is 22.0 Å². The molecule has 2 aliphatic rings. The molecular formula is C14H18BrNO. The lowest BCUT2D eigenvalue weighted by molar-refractivity contribution is 0.00741. The fraction of sp³-hybridized carbons (Fsp3) is 0.571. The number of nitrogens with two attached hydrogens (primary N) is 1. The van der Waals surface area contributed by atoms with Crippen molar-refractivity contribution in [2.24, 2.45) is 11.1 Å². The Labute approximate surface area is 111 Å². The van der Waals surface area contributed by atoms with E-state index in [2.05, 4.69) is 34.1 Å². The van der Waals surface area contributed by atoms with Gasteiger partial charge in [-0.1, -0.05) is 22.0 Å². The van der Waals surface area contributed by atoms with Crippen LogP contribution in [0.15, 0.2) is 22.7 Å². The van der Waals surface area contributed by atoms with Crippen LogP contribution < -0.4 is 5.73 Å². The Morgan fingerprint density at radius 1 is 1.35 bits per heavy atom. The topological polar surface area (TPSA) is 35.2 Å². The van der Waals surface area contributed by atoms with Crippen LogP contribution in [0.1, 0.15) is 29.9 Å². The smallest absolute Gasteiger partial charge is 0.0471 e. The van der Waals surface area contributed by atoms with Crippen LogP contribution in [0.2, 0.25) is 0 Å². The number of benzene rings is 1. The lowest BCUT2D eigenvalue weighted by Gasteiger charge is -2.38. The minimum atomic E-state index is 0.371. The van der Waals surface area contributed by atoms with E-state index in [0.717, 1.165) is 32.6 Å². The van der Waals surface area contributed by atoms with Crippen LogP contribution in [-0.2, 0) is 11.2 Å². The summed E-state index contributed by atoms with van der Waals surface area (Å²) in [7, 11) is 0. The van der Waals surface area contributed by atoms with Gasteiger partial charge in [-0.3, -0.25) is 0 Å². The van der Waals surface area contributed by atoms with E-state index in [9.17, 15) is 0 Å². The molecule has 3 rings (SSSR count). The van der Waals surface area contributed by atoms with Gasteiger partial charge in [-0.15, -0.1) is 0 Å². The Morgan fingerprint density at radius 2 is 2.12 bits per heavy atom. The van der Waals surface area contributed by atoms with Crippen molar-refractivity contribution in [2.75, 3.05) is 19.8 Å². The molecule has 1 aromatic carbocycles. The van der Waals surface area contributed by atoms with Crippen molar-refractivity contribution in [3.63, 3.8) is 0 Å². The second-order valence-electron chi connectivity index (χ2n) is 5.28. The van der Waals surface area contributed by atoms with E-state index in [1.807, 2.05) is 0 Å². The fourth-order valence-corrected chi connectivity index (χ4v) is 3.94. The number of ether oxygens (including phenoxy) is 1. The van der Waals surface area contributed by atoms with Crippen LogP contribution in [0.5, 0.6) is 0 Å². The van der Waals surface area contributed by atoms with E-state index in [-0.39, 0.29) is 0 Å². The molecule has 1 aromatic rings. The molecule has 1 unspecified atom stereocenters. The third-order valence-electron chi connectivity index (χ3n) is 4.49. The molecule has 0 radical (unpaired) electrons. The van der Waals surface area contributed by atoms with E-state index in [1.54, 1.807) is 0 Å². The molecule has 2 N–H and O–H groups in total. The fourth-order valence-electron chi connectivity index (χ4n) is 3.56.